The van der Waals surface area contributed by atoms with Crippen LogP contribution in [0.5, 0.6) is 0 Å². The SMILES string of the molecule is CN(C)c1cccc(NS(=O)(=O)N2CCNCC2)c1. The van der Waals surface area contributed by atoms with Gasteiger partial charge in [0.15, 0.2) is 0 Å². The molecular weight excluding hydrogens is 264 g/mol. The molecule has 0 atom stereocenters. The van der Waals surface area contributed by atoms with Gasteiger partial charge in [0.2, 0.25) is 0 Å². The summed E-state index contributed by atoms with van der Waals surface area (Å²) in [6.45, 7) is 2.39. The van der Waals surface area contributed by atoms with Crippen LogP contribution in [0.4, 0.5) is 11.4 Å². The molecule has 2 N–H and O–H groups in total. The molecule has 6 nitrogen and oxygen atoms in total. The van der Waals surface area contributed by atoms with Crippen LogP contribution in [0.1, 0.15) is 0 Å². The van der Waals surface area contributed by atoms with Crippen LogP contribution in [0.15, 0.2) is 24.3 Å². The molecule has 0 spiro atoms. The number of hydrogen-bond acceptors (Lipinski definition) is 4. The third-order valence-corrected chi connectivity index (χ3v) is 4.56. The lowest BCUT2D eigenvalue weighted by Gasteiger charge is -2.27. The van der Waals surface area contributed by atoms with Crippen LogP contribution in [0, 0.1) is 0 Å². The third-order valence-electron chi connectivity index (χ3n) is 3.03. The monoisotopic (exact) mass is 284 g/mol. The highest BCUT2D eigenvalue weighted by atomic mass is 32.2. The number of nitrogens with one attached hydrogen (secondary N) is 2. The van der Waals surface area contributed by atoms with Crippen LogP contribution in [0.25, 0.3) is 0 Å². The Balaban J connectivity index is 2.13. The second kappa shape index (κ2) is 5.77. The number of hydrogen-bond donors (Lipinski definition) is 2. The maximum atomic E-state index is 12.2. The topological polar surface area (TPSA) is 64.7 Å². The summed E-state index contributed by atoms with van der Waals surface area (Å²) in [5.74, 6) is 0. The molecule has 2 rings (SSSR count). The Kier molecular flexibility index (Phi) is 4.28. The fraction of sp³-hybridized carbons (Fsp3) is 0.500. The van der Waals surface area contributed by atoms with E-state index in [2.05, 4.69) is 10.0 Å². The fourth-order valence-corrected chi connectivity index (χ4v) is 3.16. The molecule has 0 saturated carbocycles. The molecule has 1 saturated heterocycles. The lowest BCUT2D eigenvalue weighted by atomic mass is 10.3. The standard InChI is InChI=1S/C12H20N4O2S/c1-15(2)12-5-3-4-11(10-12)14-19(17,18)16-8-6-13-7-9-16/h3-5,10,13-14H,6-9H2,1-2H3. The van der Waals surface area contributed by atoms with Gasteiger partial charge in [-0.25, -0.2) is 0 Å². The van der Waals surface area contributed by atoms with E-state index in [1.165, 1.54) is 4.31 Å². The molecule has 1 aliphatic heterocycles. The van der Waals surface area contributed by atoms with Gasteiger partial charge in [-0.3, -0.25) is 4.72 Å². The molecule has 7 heteroatoms. The number of benzene rings is 1. The highest BCUT2D eigenvalue weighted by molar-refractivity contribution is 7.90. The Morgan fingerprint density at radius 1 is 1.26 bits per heavy atom. The van der Waals surface area contributed by atoms with Gasteiger partial charge in [0, 0.05) is 46.0 Å². The third kappa shape index (κ3) is 3.59. The van der Waals surface area contributed by atoms with E-state index in [9.17, 15) is 8.42 Å². The van der Waals surface area contributed by atoms with E-state index < -0.39 is 10.2 Å². The molecule has 19 heavy (non-hydrogen) atoms. The van der Waals surface area contributed by atoms with E-state index >= 15 is 0 Å². The average molecular weight is 284 g/mol. The van der Waals surface area contributed by atoms with Crippen LogP contribution in [-0.4, -0.2) is 53.0 Å². The Morgan fingerprint density at radius 2 is 1.95 bits per heavy atom. The zero-order chi connectivity index (χ0) is 13.9. The van der Waals surface area contributed by atoms with Crippen LogP contribution in [-0.2, 0) is 10.2 Å². The van der Waals surface area contributed by atoms with Crippen LogP contribution < -0.4 is 14.9 Å². The van der Waals surface area contributed by atoms with E-state index in [1.54, 1.807) is 6.07 Å². The smallest absolute Gasteiger partial charge is 0.301 e. The van der Waals surface area contributed by atoms with Crippen molar-refractivity contribution in [3.8, 4) is 0 Å². The molecule has 0 bridgehead atoms. The van der Waals surface area contributed by atoms with Gasteiger partial charge < -0.3 is 10.2 Å². The summed E-state index contributed by atoms with van der Waals surface area (Å²) in [6, 6.07) is 7.35. The first-order valence-electron chi connectivity index (χ1n) is 6.25. The van der Waals surface area contributed by atoms with Crippen molar-refractivity contribution < 1.29 is 8.42 Å². The second-order valence-corrected chi connectivity index (χ2v) is 6.37. The summed E-state index contributed by atoms with van der Waals surface area (Å²) < 4.78 is 28.5. The summed E-state index contributed by atoms with van der Waals surface area (Å²) in [5, 5.41) is 3.13. The Hall–Kier alpha value is -1.31. The van der Waals surface area contributed by atoms with Crippen LogP contribution >= 0.6 is 0 Å². The number of nitrogens with zero attached hydrogens (tertiary/aromatic N) is 2. The Morgan fingerprint density at radius 3 is 2.58 bits per heavy atom. The highest BCUT2D eigenvalue weighted by Crippen LogP contribution is 2.19. The maximum absolute atomic E-state index is 12.2. The lowest BCUT2D eigenvalue weighted by Crippen LogP contribution is -2.48. The fourth-order valence-electron chi connectivity index (χ4n) is 1.95. The molecule has 1 fully saturated rings. The molecule has 0 amide bonds. The van der Waals surface area contributed by atoms with Gasteiger partial charge in [0.1, 0.15) is 0 Å². The first-order valence-corrected chi connectivity index (χ1v) is 7.69. The van der Waals surface area contributed by atoms with Gasteiger partial charge in [0.05, 0.1) is 5.69 Å². The van der Waals surface area contributed by atoms with E-state index in [4.69, 9.17) is 0 Å². The van der Waals surface area contributed by atoms with E-state index in [0.29, 0.717) is 31.9 Å². The zero-order valence-electron chi connectivity index (χ0n) is 11.3. The summed E-state index contributed by atoms with van der Waals surface area (Å²) >= 11 is 0. The first kappa shape index (κ1) is 14.1. The van der Waals surface area contributed by atoms with E-state index in [1.807, 2.05) is 37.2 Å². The van der Waals surface area contributed by atoms with Crippen molar-refractivity contribution in [2.45, 2.75) is 0 Å². The molecular formula is C12H20N4O2S. The minimum atomic E-state index is -3.45. The van der Waals surface area contributed by atoms with Gasteiger partial charge in [-0.1, -0.05) is 6.07 Å². The van der Waals surface area contributed by atoms with Crippen molar-refractivity contribution in [2.75, 3.05) is 49.9 Å². The summed E-state index contributed by atoms with van der Waals surface area (Å²) in [6.07, 6.45) is 0. The summed E-state index contributed by atoms with van der Waals surface area (Å²) in [4.78, 5) is 1.93. The number of piperazine rings is 1. The lowest BCUT2D eigenvalue weighted by molar-refractivity contribution is 0.362. The van der Waals surface area contributed by atoms with Crippen molar-refractivity contribution in [3.05, 3.63) is 24.3 Å². The molecule has 1 aliphatic rings. The second-order valence-electron chi connectivity index (χ2n) is 4.70. The van der Waals surface area contributed by atoms with Gasteiger partial charge in [-0.05, 0) is 18.2 Å². The van der Waals surface area contributed by atoms with Gasteiger partial charge >= 0.3 is 10.2 Å². The maximum Gasteiger partial charge on any atom is 0.301 e. The van der Waals surface area contributed by atoms with E-state index in [0.717, 1.165) is 5.69 Å². The Bertz CT molecular complexity index is 524. The average Bonchev–Trinajstić information content (AvgIpc) is 2.39. The molecule has 1 heterocycles. The minimum absolute atomic E-state index is 0.503. The largest absolute Gasteiger partial charge is 0.378 e. The Labute approximate surface area is 114 Å². The zero-order valence-corrected chi connectivity index (χ0v) is 12.1. The quantitative estimate of drug-likeness (QED) is 0.835. The van der Waals surface area contributed by atoms with Crippen molar-refractivity contribution in [2.24, 2.45) is 0 Å². The first-order chi connectivity index (χ1) is 8.99. The highest BCUT2D eigenvalue weighted by Gasteiger charge is 2.23. The van der Waals surface area contributed by atoms with Crippen LogP contribution in [0.2, 0.25) is 0 Å². The molecule has 1 aromatic carbocycles. The van der Waals surface area contributed by atoms with Gasteiger partial charge in [0.25, 0.3) is 0 Å². The van der Waals surface area contributed by atoms with Crippen LogP contribution in [0.3, 0.4) is 0 Å². The van der Waals surface area contributed by atoms with Gasteiger partial charge in [-0.15, -0.1) is 0 Å². The van der Waals surface area contributed by atoms with Crippen molar-refractivity contribution in [1.29, 1.82) is 0 Å². The normalized spacial score (nSPS) is 17.2. The van der Waals surface area contributed by atoms with Crippen molar-refractivity contribution in [3.63, 3.8) is 0 Å². The van der Waals surface area contributed by atoms with E-state index in [-0.39, 0.29) is 0 Å². The predicted octanol–water partition coefficient (Wildman–Crippen LogP) is 0.314. The molecule has 0 aromatic heterocycles. The van der Waals surface area contributed by atoms with Gasteiger partial charge in [-0.2, -0.15) is 12.7 Å². The summed E-state index contributed by atoms with van der Waals surface area (Å²) in [7, 11) is 0.387. The molecule has 0 unspecified atom stereocenters. The summed E-state index contributed by atoms with van der Waals surface area (Å²) in [5.41, 5.74) is 1.55. The van der Waals surface area contributed by atoms with Crippen molar-refractivity contribution >= 4 is 21.6 Å². The molecule has 0 radical (unpaired) electrons. The van der Waals surface area contributed by atoms with Crippen molar-refractivity contribution in [1.82, 2.24) is 9.62 Å². The number of anilines is 2. The molecule has 1 aromatic rings. The molecule has 106 valence electrons. The molecule has 0 aliphatic carbocycles. The predicted molar refractivity (Wildman–Crippen MR) is 77.8 cm³/mol. The number of rotatable bonds is 4. The minimum Gasteiger partial charge on any atom is -0.378 e.